The third-order valence-corrected chi connectivity index (χ3v) is 10.6. The van der Waals surface area contributed by atoms with Gasteiger partial charge in [-0.3, -0.25) is 4.40 Å². The molecule has 0 unspecified atom stereocenters. The first-order valence-electron chi connectivity index (χ1n) is 11.5. The second-order valence-corrected chi connectivity index (χ2v) is 13.9. The number of benzene rings is 4. The van der Waals surface area contributed by atoms with Crippen LogP contribution >= 0.6 is 0 Å². The molecule has 0 N–H and O–H groups in total. The van der Waals surface area contributed by atoms with E-state index in [0.717, 1.165) is 23.2 Å². The smallest absolute Gasteiger partial charge is 0.215 e. The molecule has 2 aromatic heterocycles. The SMILES string of the molecule is Cn1c2ccc(Cc3ccc([Si](C)(C)c4ccccc4)cc3)cc2n2c3ccccc3nc12. The summed E-state index contributed by atoms with van der Waals surface area (Å²) in [5.74, 6) is 0.987. The Balaban J connectivity index is 1.36. The fourth-order valence-corrected chi connectivity index (χ4v) is 7.38. The van der Waals surface area contributed by atoms with Crippen LogP contribution in [0.25, 0.3) is 27.8 Å². The Kier molecular flexibility index (Phi) is 4.52. The van der Waals surface area contributed by atoms with Crippen LogP contribution < -0.4 is 10.4 Å². The molecule has 0 aliphatic carbocycles. The summed E-state index contributed by atoms with van der Waals surface area (Å²) in [5.41, 5.74) is 7.29. The van der Waals surface area contributed by atoms with Crippen molar-refractivity contribution < 1.29 is 0 Å². The minimum absolute atomic E-state index is 0.923. The average Bonchev–Trinajstić information content (AvgIpc) is 3.35. The highest BCUT2D eigenvalue weighted by Crippen LogP contribution is 2.26. The van der Waals surface area contributed by atoms with E-state index < -0.39 is 8.07 Å². The van der Waals surface area contributed by atoms with Gasteiger partial charge in [-0.05, 0) is 41.8 Å². The second kappa shape index (κ2) is 7.46. The lowest BCUT2D eigenvalue weighted by molar-refractivity contribution is 0.973. The Hall–Kier alpha value is -3.63. The number of nitrogens with zero attached hydrogens (tertiary/aromatic N) is 3. The minimum Gasteiger partial charge on any atom is -0.313 e. The molecule has 0 amide bonds. The maximum Gasteiger partial charge on any atom is 0.215 e. The zero-order valence-corrected chi connectivity index (χ0v) is 20.3. The van der Waals surface area contributed by atoms with E-state index in [1.54, 1.807) is 0 Å². The standard InChI is InChI=1S/C29H27N3Si/c1-31-27-18-15-22(20-28(27)32-26-12-8-7-11-25(26)30-29(31)32)19-21-13-16-24(17-14-21)33(2,3)23-9-5-4-6-10-23/h4-18,20H,19H2,1-3H3. The lowest BCUT2D eigenvalue weighted by Gasteiger charge is -2.24. The largest absolute Gasteiger partial charge is 0.313 e. The summed E-state index contributed by atoms with van der Waals surface area (Å²) < 4.78 is 4.47. The Bertz CT molecular complexity index is 1610. The van der Waals surface area contributed by atoms with E-state index in [2.05, 4.69) is 120 Å². The Labute approximate surface area is 195 Å². The molecule has 0 saturated heterocycles. The molecule has 3 nitrogen and oxygen atoms in total. The van der Waals surface area contributed by atoms with Crippen molar-refractivity contribution in [3.8, 4) is 0 Å². The summed E-state index contributed by atoms with van der Waals surface area (Å²) in [7, 11) is 0.432. The van der Waals surface area contributed by atoms with Crippen LogP contribution in [0.1, 0.15) is 11.1 Å². The lowest BCUT2D eigenvalue weighted by Crippen LogP contribution is -2.52. The summed E-state index contributed by atoms with van der Waals surface area (Å²) >= 11 is 0. The predicted octanol–water partition coefficient (Wildman–Crippen LogP) is 5.39. The highest BCUT2D eigenvalue weighted by atomic mass is 28.3. The van der Waals surface area contributed by atoms with E-state index in [-0.39, 0.29) is 0 Å². The normalized spacial score (nSPS) is 12.2. The molecule has 33 heavy (non-hydrogen) atoms. The molecule has 0 radical (unpaired) electrons. The van der Waals surface area contributed by atoms with Gasteiger partial charge in [0.2, 0.25) is 5.78 Å². The number of hydrogen-bond donors (Lipinski definition) is 0. The zero-order valence-electron chi connectivity index (χ0n) is 19.3. The van der Waals surface area contributed by atoms with E-state index in [0.29, 0.717) is 0 Å². The molecule has 6 aromatic rings. The van der Waals surface area contributed by atoms with Crippen LogP contribution in [0, 0.1) is 0 Å². The van der Waals surface area contributed by atoms with E-state index in [9.17, 15) is 0 Å². The van der Waals surface area contributed by atoms with Crippen molar-refractivity contribution >= 4 is 46.3 Å². The van der Waals surface area contributed by atoms with Crippen molar-refractivity contribution in [2.45, 2.75) is 19.5 Å². The minimum atomic E-state index is -1.67. The van der Waals surface area contributed by atoms with Crippen molar-refractivity contribution in [1.29, 1.82) is 0 Å². The van der Waals surface area contributed by atoms with Crippen LogP contribution in [0.5, 0.6) is 0 Å². The summed E-state index contributed by atoms with van der Waals surface area (Å²) in [6, 6.07) is 35.4. The van der Waals surface area contributed by atoms with Crippen LogP contribution in [0.4, 0.5) is 0 Å². The maximum atomic E-state index is 4.85. The predicted molar refractivity (Wildman–Crippen MR) is 142 cm³/mol. The van der Waals surface area contributed by atoms with Crippen molar-refractivity contribution in [2.24, 2.45) is 7.05 Å². The molecule has 0 aliphatic heterocycles. The molecule has 0 saturated carbocycles. The summed E-state index contributed by atoms with van der Waals surface area (Å²) in [5, 5.41) is 2.95. The fraction of sp³-hybridized carbons (Fsp3) is 0.138. The molecule has 0 spiro atoms. The van der Waals surface area contributed by atoms with Gasteiger partial charge in [0, 0.05) is 7.05 Å². The topological polar surface area (TPSA) is 22.2 Å². The number of hydrogen-bond acceptors (Lipinski definition) is 1. The highest BCUT2D eigenvalue weighted by molar-refractivity contribution is 7.00. The number of para-hydroxylation sites is 2. The van der Waals surface area contributed by atoms with Crippen molar-refractivity contribution in [1.82, 2.24) is 14.0 Å². The molecule has 2 heterocycles. The molecule has 4 aromatic carbocycles. The number of aryl methyl sites for hydroxylation is 1. The number of aromatic nitrogens is 3. The molecular formula is C29H27N3Si. The van der Waals surface area contributed by atoms with Gasteiger partial charge in [0.15, 0.2) is 0 Å². The van der Waals surface area contributed by atoms with E-state index >= 15 is 0 Å². The maximum absolute atomic E-state index is 4.85. The van der Waals surface area contributed by atoms with Crippen LogP contribution in [0.3, 0.4) is 0 Å². The average molecular weight is 446 g/mol. The first kappa shape index (κ1) is 20.0. The van der Waals surface area contributed by atoms with E-state index in [4.69, 9.17) is 4.98 Å². The molecule has 0 fully saturated rings. The molecule has 162 valence electrons. The third-order valence-electron chi connectivity index (χ3n) is 7.06. The van der Waals surface area contributed by atoms with Crippen LogP contribution in [0.2, 0.25) is 13.1 Å². The number of imidazole rings is 2. The zero-order chi connectivity index (χ0) is 22.6. The Morgan fingerprint density at radius 1 is 0.667 bits per heavy atom. The van der Waals surface area contributed by atoms with Crippen molar-refractivity contribution in [3.05, 3.63) is 108 Å². The van der Waals surface area contributed by atoms with Gasteiger partial charge >= 0.3 is 0 Å². The number of rotatable bonds is 4. The fourth-order valence-electron chi connectivity index (χ4n) is 5.02. The molecule has 0 atom stereocenters. The summed E-state index contributed by atoms with van der Waals surface area (Å²) in [6.45, 7) is 4.86. The number of fused-ring (bicyclic) bond motifs is 5. The van der Waals surface area contributed by atoms with Gasteiger partial charge in [-0.25, -0.2) is 4.98 Å². The first-order valence-corrected chi connectivity index (χ1v) is 14.5. The summed E-state index contributed by atoms with van der Waals surface area (Å²) in [4.78, 5) is 4.85. The summed E-state index contributed by atoms with van der Waals surface area (Å²) in [6.07, 6.45) is 0.923. The van der Waals surface area contributed by atoms with Crippen LogP contribution in [-0.2, 0) is 13.5 Å². The van der Waals surface area contributed by atoms with Gasteiger partial charge in [-0.15, -0.1) is 0 Å². The van der Waals surface area contributed by atoms with Gasteiger partial charge < -0.3 is 4.57 Å². The molecule has 0 bridgehead atoms. The van der Waals surface area contributed by atoms with E-state index in [1.807, 2.05) is 6.07 Å². The van der Waals surface area contributed by atoms with Gasteiger partial charge in [0.25, 0.3) is 0 Å². The van der Waals surface area contributed by atoms with Gasteiger partial charge in [0.1, 0.15) is 8.07 Å². The second-order valence-electron chi connectivity index (χ2n) is 9.48. The molecule has 6 rings (SSSR count). The van der Waals surface area contributed by atoms with Crippen molar-refractivity contribution in [2.75, 3.05) is 0 Å². The third kappa shape index (κ3) is 3.21. The van der Waals surface area contributed by atoms with E-state index in [1.165, 1.54) is 32.5 Å². The van der Waals surface area contributed by atoms with Crippen LogP contribution in [0.15, 0.2) is 97.1 Å². The molecule has 0 aliphatic rings. The highest BCUT2D eigenvalue weighted by Gasteiger charge is 2.25. The Morgan fingerprint density at radius 2 is 1.33 bits per heavy atom. The van der Waals surface area contributed by atoms with Gasteiger partial charge in [0.05, 0.1) is 22.1 Å². The first-order chi connectivity index (χ1) is 16.0. The lowest BCUT2D eigenvalue weighted by atomic mass is 10.0. The molecular weight excluding hydrogens is 418 g/mol. The Morgan fingerprint density at radius 3 is 2.12 bits per heavy atom. The van der Waals surface area contributed by atoms with Gasteiger partial charge in [-0.2, -0.15) is 0 Å². The monoisotopic (exact) mass is 445 g/mol. The molecule has 4 heteroatoms. The van der Waals surface area contributed by atoms with Crippen LogP contribution in [-0.4, -0.2) is 22.0 Å². The van der Waals surface area contributed by atoms with Gasteiger partial charge in [-0.1, -0.05) is 96.3 Å². The quantitative estimate of drug-likeness (QED) is 0.333. The van der Waals surface area contributed by atoms with Crippen molar-refractivity contribution in [3.63, 3.8) is 0 Å².